The largest absolute Gasteiger partial charge is 0.377 e. The zero-order valence-corrected chi connectivity index (χ0v) is 12.0. The summed E-state index contributed by atoms with van der Waals surface area (Å²) in [5.74, 6) is -0.314. The molecule has 1 amide bonds. The summed E-state index contributed by atoms with van der Waals surface area (Å²) in [4.78, 5) is 11.8. The number of ether oxygens (including phenoxy) is 1. The van der Waals surface area contributed by atoms with Crippen molar-refractivity contribution in [1.29, 1.82) is 5.26 Å². The van der Waals surface area contributed by atoms with Gasteiger partial charge in [-0.25, -0.2) is 0 Å². The molecule has 3 atom stereocenters. The van der Waals surface area contributed by atoms with E-state index < -0.39 is 10.8 Å². The summed E-state index contributed by atoms with van der Waals surface area (Å²) in [6.07, 6.45) is 0.677. The van der Waals surface area contributed by atoms with Gasteiger partial charge in [0.15, 0.2) is 0 Å². The van der Waals surface area contributed by atoms with Gasteiger partial charge in [0, 0.05) is 23.1 Å². The van der Waals surface area contributed by atoms with Crippen molar-refractivity contribution in [2.24, 2.45) is 0 Å². The molecule has 0 aliphatic carbocycles. The van der Waals surface area contributed by atoms with E-state index in [9.17, 15) is 9.00 Å². The summed E-state index contributed by atoms with van der Waals surface area (Å²) >= 11 is 0. The molecule has 6 heteroatoms. The number of nitrogens with one attached hydrogen (secondary N) is 1. The fraction of sp³-hybridized carbons (Fsp3) is 0.429. The fourth-order valence-corrected chi connectivity index (χ4v) is 3.53. The lowest BCUT2D eigenvalue weighted by atomic mass is 10.2. The zero-order chi connectivity index (χ0) is 14.5. The normalized spacial score (nSPS) is 23.0. The third-order valence-corrected chi connectivity index (χ3v) is 5.06. The van der Waals surface area contributed by atoms with Crippen molar-refractivity contribution in [3.63, 3.8) is 0 Å². The predicted octanol–water partition coefficient (Wildman–Crippen LogP) is 1.42. The summed E-state index contributed by atoms with van der Waals surface area (Å²) in [5, 5.41) is 11.3. The van der Waals surface area contributed by atoms with E-state index in [1.54, 1.807) is 24.3 Å². The van der Waals surface area contributed by atoms with Crippen LogP contribution < -0.4 is 5.32 Å². The van der Waals surface area contributed by atoms with Crippen LogP contribution in [0.1, 0.15) is 18.9 Å². The maximum absolute atomic E-state index is 12.1. The summed E-state index contributed by atoms with van der Waals surface area (Å²) in [6.45, 7) is 2.49. The molecule has 106 valence electrons. The predicted molar refractivity (Wildman–Crippen MR) is 76.6 cm³/mol. The van der Waals surface area contributed by atoms with Crippen LogP contribution in [-0.2, 0) is 20.3 Å². The van der Waals surface area contributed by atoms with Crippen molar-refractivity contribution in [2.45, 2.75) is 24.7 Å². The van der Waals surface area contributed by atoms with Crippen LogP contribution in [0.15, 0.2) is 24.3 Å². The molecule has 20 heavy (non-hydrogen) atoms. The van der Waals surface area contributed by atoms with E-state index >= 15 is 0 Å². The number of hydrogen-bond donors (Lipinski definition) is 1. The molecule has 3 unspecified atom stereocenters. The van der Waals surface area contributed by atoms with Crippen molar-refractivity contribution in [3.8, 4) is 6.07 Å². The number of nitrogens with zero attached hydrogens (tertiary/aromatic N) is 1. The van der Waals surface area contributed by atoms with Crippen molar-refractivity contribution in [2.75, 3.05) is 17.7 Å². The fourth-order valence-electron chi connectivity index (χ4n) is 2.12. The van der Waals surface area contributed by atoms with Crippen LogP contribution in [0.4, 0.5) is 5.69 Å². The third kappa shape index (κ3) is 3.65. The Kier molecular flexibility index (Phi) is 4.88. The highest BCUT2D eigenvalue weighted by Crippen LogP contribution is 2.19. The average Bonchev–Trinajstić information content (AvgIpc) is 2.86. The van der Waals surface area contributed by atoms with Gasteiger partial charge >= 0.3 is 0 Å². The molecular formula is C14H16N2O3S. The minimum atomic E-state index is -1.22. The van der Waals surface area contributed by atoms with E-state index in [0.29, 0.717) is 17.9 Å². The van der Waals surface area contributed by atoms with E-state index in [2.05, 4.69) is 5.32 Å². The molecule has 5 nitrogen and oxygen atoms in total. The first kappa shape index (κ1) is 14.7. The second-order valence-corrected chi connectivity index (χ2v) is 6.32. The van der Waals surface area contributed by atoms with E-state index in [0.717, 1.165) is 6.42 Å². The molecule has 1 aromatic rings. The van der Waals surface area contributed by atoms with Crippen LogP contribution in [0.2, 0.25) is 0 Å². The number of benzene rings is 1. The van der Waals surface area contributed by atoms with E-state index in [1.165, 1.54) is 0 Å². The highest BCUT2D eigenvalue weighted by Gasteiger charge is 2.30. The molecule has 0 saturated carbocycles. The first-order valence-electron chi connectivity index (χ1n) is 6.39. The summed E-state index contributed by atoms with van der Waals surface area (Å²) in [7, 11) is -1.22. The van der Waals surface area contributed by atoms with E-state index in [4.69, 9.17) is 10.00 Å². The van der Waals surface area contributed by atoms with Crippen molar-refractivity contribution in [1.82, 2.24) is 0 Å². The number of nitriles is 1. The Balaban J connectivity index is 1.88. The highest BCUT2D eigenvalue weighted by molar-refractivity contribution is 7.86. The van der Waals surface area contributed by atoms with E-state index in [1.807, 2.05) is 13.0 Å². The van der Waals surface area contributed by atoms with Crippen molar-refractivity contribution < 1.29 is 13.7 Å². The smallest absolute Gasteiger partial charge is 0.237 e. The standard InChI is InChI=1S/C14H16N2O3S/c1-10-13(6-7-19-10)20(18)9-14(17)16-12-4-2-11(8-15)3-5-12/h2-5,10,13H,6-7,9H2,1H3,(H,16,17). The molecule has 1 N–H and O–H groups in total. The molecule has 1 aliphatic rings. The second kappa shape index (κ2) is 6.64. The first-order chi connectivity index (χ1) is 9.60. The molecular weight excluding hydrogens is 276 g/mol. The molecule has 1 aromatic carbocycles. The van der Waals surface area contributed by atoms with E-state index in [-0.39, 0.29) is 23.0 Å². The van der Waals surface area contributed by atoms with Crippen LogP contribution in [0.3, 0.4) is 0 Å². The van der Waals surface area contributed by atoms with Gasteiger partial charge in [0.2, 0.25) is 5.91 Å². The number of hydrogen-bond acceptors (Lipinski definition) is 4. The molecule has 0 aromatic heterocycles. The van der Waals surface area contributed by atoms with Gasteiger partial charge in [-0.1, -0.05) is 0 Å². The SMILES string of the molecule is CC1OCCC1S(=O)CC(=O)Nc1ccc(C#N)cc1. The van der Waals surface area contributed by atoms with Crippen LogP contribution in [0, 0.1) is 11.3 Å². The topological polar surface area (TPSA) is 79.2 Å². The number of rotatable bonds is 4. The lowest BCUT2D eigenvalue weighted by molar-refractivity contribution is -0.113. The quantitative estimate of drug-likeness (QED) is 0.910. The Bertz CT molecular complexity index is 551. The number of carbonyl (C=O) groups excluding carboxylic acids is 1. The monoisotopic (exact) mass is 292 g/mol. The van der Waals surface area contributed by atoms with Gasteiger partial charge in [-0.05, 0) is 37.6 Å². The molecule has 2 rings (SSSR count). The van der Waals surface area contributed by atoms with Gasteiger partial charge in [-0.3, -0.25) is 9.00 Å². The zero-order valence-electron chi connectivity index (χ0n) is 11.2. The van der Waals surface area contributed by atoms with Crippen molar-refractivity contribution >= 4 is 22.4 Å². The number of carbonyl (C=O) groups is 1. The maximum Gasteiger partial charge on any atom is 0.237 e. The van der Waals surface area contributed by atoms with Gasteiger partial charge in [0.1, 0.15) is 5.75 Å². The summed E-state index contributed by atoms with van der Waals surface area (Å²) < 4.78 is 17.4. The first-order valence-corrected chi connectivity index (χ1v) is 7.77. The average molecular weight is 292 g/mol. The Morgan fingerprint density at radius 3 is 2.75 bits per heavy atom. The lowest BCUT2D eigenvalue weighted by Gasteiger charge is -2.13. The summed E-state index contributed by atoms with van der Waals surface area (Å²) in [6, 6.07) is 8.56. The Hall–Kier alpha value is -1.71. The van der Waals surface area contributed by atoms with Gasteiger partial charge in [-0.2, -0.15) is 5.26 Å². The highest BCUT2D eigenvalue weighted by atomic mass is 32.2. The van der Waals surface area contributed by atoms with Crippen molar-refractivity contribution in [3.05, 3.63) is 29.8 Å². The summed E-state index contributed by atoms with van der Waals surface area (Å²) in [5.41, 5.74) is 1.13. The van der Waals surface area contributed by atoms with Crippen LogP contribution in [0.5, 0.6) is 0 Å². The Labute approximate surface area is 120 Å². The number of amides is 1. The Morgan fingerprint density at radius 2 is 2.20 bits per heavy atom. The molecule has 1 saturated heterocycles. The molecule has 0 bridgehead atoms. The molecule has 1 fully saturated rings. The minimum Gasteiger partial charge on any atom is -0.377 e. The van der Waals surface area contributed by atoms with Gasteiger partial charge in [0.05, 0.1) is 23.0 Å². The number of anilines is 1. The van der Waals surface area contributed by atoms with Gasteiger partial charge in [0.25, 0.3) is 0 Å². The Morgan fingerprint density at radius 1 is 1.50 bits per heavy atom. The molecule has 0 radical (unpaired) electrons. The van der Waals surface area contributed by atoms with Crippen LogP contribution in [0.25, 0.3) is 0 Å². The molecule has 0 spiro atoms. The van der Waals surface area contributed by atoms with Gasteiger partial charge < -0.3 is 10.1 Å². The minimum absolute atomic E-state index is 0.0294. The molecule has 1 aliphatic heterocycles. The van der Waals surface area contributed by atoms with Crippen LogP contribution >= 0.6 is 0 Å². The molecule has 1 heterocycles. The third-order valence-electron chi connectivity index (χ3n) is 3.22. The maximum atomic E-state index is 12.1. The second-order valence-electron chi connectivity index (χ2n) is 4.67. The van der Waals surface area contributed by atoms with Gasteiger partial charge in [-0.15, -0.1) is 0 Å². The lowest BCUT2D eigenvalue weighted by Crippen LogP contribution is -2.30. The van der Waals surface area contributed by atoms with Crippen LogP contribution in [-0.4, -0.2) is 33.8 Å².